The number of furan rings is 1. The Hall–Kier alpha value is -1.51. The minimum absolute atomic E-state index is 0.0600. The van der Waals surface area contributed by atoms with Gasteiger partial charge in [0.2, 0.25) is 0 Å². The Bertz CT molecular complexity index is 588. The summed E-state index contributed by atoms with van der Waals surface area (Å²) in [5.74, 6) is 0.0470. The zero-order valence-corrected chi connectivity index (χ0v) is 14.3. The standard InChI is InChI=1S/C20H28O3/c1-14-5-8-17-19(2,10-4-11-20(17,3)18(21)22)16(14)7-6-15-9-12-23-13-15/h9,12-13,16-17H,1,4-8,10-11H2,2-3H3,(H,21,22)/t16-,17+,19-,20+/m1/s1. The van der Waals surface area contributed by atoms with Crippen LogP contribution in [-0.4, -0.2) is 11.1 Å². The van der Waals surface area contributed by atoms with Crippen LogP contribution < -0.4 is 0 Å². The van der Waals surface area contributed by atoms with E-state index in [2.05, 4.69) is 13.5 Å². The van der Waals surface area contributed by atoms with Crippen molar-refractivity contribution in [1.82, 2.24) is 0 Å². The maximum Gasteiger partial charge on any atom is 0.309 e. The second-order valence-corrected chi connectivity index (χ2v) is 8.05. The Morgan fingerprint density at radius 3 is 2.87 bits per heavy atom. The molecule has 1 heterocycles. The Balaban J connectivity index is 1.86. The number of carbonyl (C=O) groups is 1. The van der Waals surface area contributed by atoms with E-state index in [9.17, 15) is 9.90 Å². The van der Waals surface area contributed by atoms with Crippen LogP contribution in [0.15, 0.2) is 35.2 Å². The molecule has 0 radical (unpaired) electrons. The summed E-state index contributed by atoms with van der Waals surface area (Å²) in [6.07, 6.45) is 10.4. The van der Waals surface area contributed by atoms with E-state index in [-0.39, 0.29) is 11.3 Å². The van der Waals surface area contributed by atoms with Crippen LogP contribution in [-0.2, 0) is 11.2 Å². The molecule has 0 spiro atoms. The van der Waals surface area contributed by atoms with Gasteiger partial charge in [-0.25, -0.2) is 0 Å². The number of hydrogen-bond donors (Lipinski definition) is 1. The van der Waals surface area contributed by atoms with E-state index >= 15 is 0 Å². The fourth-order valence-corrected chi connectivity index (χ4v) is 5.48. The summed E-state index contributed by atoms with van der Waals surface area (Å²) >= 11 is 0. The van der Waals surface area contributed by atoms with Crippen molar-refractivity contribution in [3.63, 3.8) is 0 Å². The van der Waals surface area contributed by atoms with Crippen molar-refractivity contribution >= 4 is 5.97 Å². The Labute approximate surface area is 138 Å². The van der Waals surface area contributed by atoms with Gasteiger partial charge in [-0.2, -0.15) is 0 Å². The fourth-order valence-electron chi connectivity index (χ4n) is 5.48. The minimum atomic E-state index is -0.616. The molecule has 0 amide bonds. The van der Waals surface area contributed by atoms with Gasteiger partial charge in [-0.1, -0.05) is 25.5 Å². The van der Waals surface area contributed by atoms with Gasteiger partial charge < -0.3 is 9.52 Å². The van der Waals surface area contributed by atoms with Crippen molar-refractivity contribution in [3.8, 4) is 0 Å². The summed E-state index contributed by atoms with van der Waals surface area (Å²) in [6.45, 7) is 8.65. The highest BCUT2D eigenvalue weighted by molar-refractivity contribution is 5.75. The molecule has 0 saturated heterocycles. The van der Waals surface area contributed by atoms with E-state index in [0.717, 1.165) is 44.9 Å². The number of hydrogen-bond acceptors (Lipinski definition) is 2. The van der Waals surface area contributed by atoms with E-state index < -0.39 is 11.4 Å². The summed E-state index contributed by atoms with van der Waals surface area (Å²) in [5, 5.41) is 9.85. The first-order chi connectivity index (χ1) is 10.9. The molecule has 2 fully saturated rings. The maximum atomic E-state index is 12.0. The van der Waals surface area contributed by atoms with Crippen LogP contribution in [0.3, 0.4) is 0 Å². The van der Waals surface area contributed by atoms with Crippen LogP contribution in [0.4, 0.5) is 0 Å². The molecule has 1 aromatic heterocycles. The van der Waals surface area contributed by atoms with Crippen molar-refractivity contribution in [2.45, 2.75) is 58.8 Å². The van der Waals surface area contributed by atoms with E-state index in [4.69, 9.17) is 4.42 Å². The lowest BCUT2D eigenvalue weighted by atomic mass is 9.46. The van der Waals surface area contributed by atoms with Gasteiger partial charge in [-0.15, -0.1) is 0 Å². The number of carboxylic acids is 1. The number of fused-ring (bicyclic) bond motifs is 1. The van der Waals surface area contributed by atoms with E-state index in [0.29, 0.717) is 5.92 Å². The summed E-state index contributed by atoms with van der Waals surface area (Å²) in [5.41, 5.74) is 2.02. The predicted octanol–water partition coefficient (Wildman–Crippen LogP) is 5.08. The number of carboxylic acid groups (broad SMARTS) is 1. The van der Waals surface area contributed by atoms with Gasteiger partial charge in [0.05, 0.1) is 17.9 Å². The Morgan fingerprint density at radius 1 is 1.43 bits per heavy atom. The highest BCUT2D eigenvalue weighted by Gasteiger charge is 2.57. The largest absolute Gasteiger partial charge is 0.481 e. The van der Waals surface area contributed by atoms with Crippen LogP contribution in [0.5, 0.6) is 0 Å². The van der Waals surface area contributed by atoms with E-state index in [1.807, 2.05) is 19.3 Å². The molecule has 1 aromatic rings. The first-order valence-electron chi connectivity index (χ1n) is 8.80. The van der Waals surface area contributed by atoms with E-state index in [1.54, 1.807) is 6.26 Å². The molecular weight excluding hydrogens is 288 g/mol. The van der Waals surface area contributed by atoms with Gasteiger partial charge in [0.15, 0.2) is 0 Å². The first-order valence-corrected chi connectivity index (χ1v) is 8.80. The van der Waals surface area contributed by atoms with Gasteiger partial charge in [0.25, 0.3) is 0 Å². The molecule has 2 aliphatic rings. The van der Waals surface area contributed by atoms with Crippen LogP contribution >= 0.6 is 0 Å². The highest BCUT2D eigenvalue weighted by Crippen LogP contribution is 2.61. The van der Waals surface area contributed by atoms with Crippen molar-refractivity contribution in [2.75, 3.05) is 0 Å². The molecule has 2 saturated carbocycles. The SMILES string of the molecule is C=C1CC[C@H]2[C@](C)(CCC[C@]2(C)C(=O)O)[C@@H]1CCc1ccoc1. The minimum Gasteiger partial charge on any atom is -0.481 e. The second kappa shape index (κ2) is 5.85. The Kier molecular flexibility index (Phi) is 4.16. The van der Waals surface area contributed by atoms with Crippen LogP contribution in [0.1, 0.15) is 57.9 Å². The van der Waals surface area contributed by atoms with Crippen LogP contribution in [0, 0.1) is 22.7 Å². The lowest BCUT2D eigenvalue weighted by Gasteiger charge is -2.57. The van der Waals surface area contributed by atoms with Crippen LogP contribution in [0.25, 0.3) is 0 Å². The number of aliphatic carboxylic acids is 1. The molecule has 0 aliphatic heterocycles. The van der Waals surface area contributed by atoms with Gasteiger partial charge in [-0.3, -0.25) is 4.79 Å². The Morgan fingerprint density at radius 2 is 2.22 bits per heavy atom. The molecule has 1 N–H and O–H groups in total. The molecule has 3 heteroatoms. The van der Waals surface area contributed by atoms with Gasteiger partial charge >= 0.3 is 5.97 Å². The van der Waals surface area contributed by atoms with Gasteiger partial charge in [0, 0.05) is 0 Å². The normalized spacial score (nSPS) is 37.4. The first kappa shape index (κ1) is 16.4. The summed E-state index contributed by atoms with van der Waals surface area (Å²) in [6, 6.07) is 2.02. The molecule has 2 aliphatic carbocycles. The van der Waals surface area contributed by atoms with Crippen molar-refractivity contribution in [3.05, 3.63) is 36.3 Å². The average Bonchev–Trinajstić information content (AvgIpc) is 2.99. The van der Waals surface area contributed by atoms with Crippen LogP contribution in [0.2, 0.25) is 0 Å². The summed E-state index contributed by atoms with van der Waals surface area (Å²) in [4.78, 5) is 12.0. The number of rotatable bonds is 4. The molecule has 4 atom stereocenters. The summed E-state index contributed by atoms with van der Waals surface area (Å²) < 4.78 is 5.18. The van der Waals surface area contributed by atoms with Gasteiger partial charge in [0.1, 0.15) is 0 Å². The lowest BCUT2D eigenvalue weighted by molar-refractivity contribution is -0.164. The number of allylic oxidation sites excluding steroid dienone is 1. The maximum absolute atomic E-state index is 12.0. The van der Waals surface area contributed by atoms with Crippen molar-refractivity contribution in [1.29, 1.82) is 0 Å². The zero-order valence-electron chi connectivity index (χ0n) is 14.3. The average molecular weight is 316 g/mol. The molecule has 126 valence electrons. The topological polar surface area (TPSA) is 50.4 Å². The second-order valence-electron chi connectivity index (χ2n) is 8.05. The van der Waals surface area contributed by atoms with Crippen molar-refractivity contribution < 1.29 is 14.3 Å². The molecular formula is C20H28O3. The van der Waals surface area contributed by atoms with Gasteiger partial charge in [-0.05, 0) is 74.3 Å². The van der Waals surface area contributed by atoms with Crippen molar-refractivity contribution in [2.24, 2.45) is 22.7 Å². The molecule has 3 nitrogen and oxygen atoms in total. The third-order valence-electron chi connectivity index (χ3n) is 6.81. The third kappa shape index (κ3) is 2.64. The third-order valence-corrected chi connectivity index (χ3v) is 6.81. The fraction of sp³-hybridized carbons (Fsp3) is 0.650. The molecule has 0 aromatic carbocycles. The van der Waals surface area contributed by atoms with E-state index in [1.165, 1.54) is 11.1 Å². The highest BCUT2D eigenvalue weighted by atomic mass is 16.4. The molecule has 23 heavy (non-hydrogen) atoms. The predicted molar refractivity (Wildman–Crippen MR) is 90.1 cm³/mol. The molecule has 0 unspecified atom stereocenters. The zero-order chi connectivity index (χ0) is 16.7. The number of aryl methyl sites for hydroxylation is 1. The molecule has 3 rings (SSSR count). The monoisotopic (exact) mass is 316 g/mol. The summed E-state index contributed by atoms with van der Waals surface area (Å²) in [7, 11) is 0. The smallest absolute Gasteiger partial charge is 0.309 e. The lowest BCUT2D eigenvalue weighted by Crippen LogP contribution is -2.53. The molecule has 0 bridgehead atoms. The quantitative estimate of drug-likeness (QED) is 0.788.